The second kappa shape index (κ2) is 10.2. The maximum atomic E-state index is 13.4. The monoisotopic (exact) mass is 482 g/mol. The van der Waals surface area contributed by atoms with Gasteiger partial charge >= 0.3 is 6.09 Å². The molecule has 166 valence electrons. The van der Waals surface area contributed by atoms with E-state index in [4.69, 9.17) is 14.2 Å². The Morgan fingerprint density at radius 3 is 2.47 bits per heavy atom. The molecule has 0 radical (unpaired) electrons. The highest BCUT2D eigenvalue weighted by Gasteiger charge is 2.38. The van der Waals surface area contributed by atoms with E-state index in [2.05, 4.69) is 15.9 Å². The van der Waals surface area contributed by atoms with Gasteiger partial charge in [0.2, 0.25) is 5.91 Å². The van der Waals surface area contributed by atoms with Crippen molar-refractivity contribution in [3.63, 3.8) is 0 Å². The molecule has 0 saturated carbocycles. The number of allylic oxidation sites excluding steroid dienone is 1. The highest BCUT2D eigenvalue weighted by Crippen LogP contribution is 2.29. The fraction of sp³-hybridized carbons (Fsp3) is 0.545. The number of likely N-dealkylation sites (tertiary alicyclic amines) is 1. The summed E-state index contributed by atoms with van der Waals surface area (Å²) in [6.45, 7) is 8.15. The van der Waals surface area contributed by atoms with Crippen molar-refractivity contribution in [1.29, 1.82) is 0 Å². The lowest BCUT2D eigenvalue weighted by molar-refractivity contribution is -0.133. The molecule has 0 aromatic heterocycles. The van der Waals surface area contributed by atoms with Crippen LogP contribution in [0.15, 0.2) is 28.9 Å². The topological polar surface area (TPSA) is 68.3 Å². The van der Waals surface area contributed by atoms with E-state index in [1.165, 1.54) is 4.90 Å². The Morgan fingerprint density at radius 1 is 1.23 bits per heavy atom. The van der Waals surface area contributed by atoms with Crippen LogP contribution in [0.4, 0.5) is 4.79 Å². The van der Waals surface area contributed by atoms with Crippen LogP contribution >= 0.6 is 15.9 Å². The summed E-state index contributed by atoms with van der Waals surface area (Å²) in [7, 11) is 3.15. The SMILES string of the molecule is COc1ccc(CN(C=C(C)Br)C(=O)[C@@H]2CCCN2C(=O)OC(C)(C)C)cc1OC. The molecular weight excluding hydrogens is 452 g/mol. The van der Waals surface area contributed by atoms with Crippen LogP contribution < -0.4 is 9.47 Å². The van der Waals surface area contributed by atoms with E-state index in [1.807, 2.05) is 45.9 Å². The molecule has 1 aromatic rings. The van der Waals surface area contributed by atoms with E-state index in [0.717, 1.165) is 16.5 Å². The number of hydrogen-bond acceptors (Lipinski definition) is 5. The minimum absolute atomic E-state index is 0.146. The summed E-state index contributed by atoms with van der Waals surface area (Å²) in [5.41, 5.74) is 0.270. The van der Waals surface area contributed by atoms with E-state index < -0.39 is 17.7 Å². The minimum atomic E-state index is -0.612. The number of ether oxygens (including phenoxy) is 3. The van der Waals surface area contributed by atoms with E-state index in [9.17, 15) is 9.59 Å². The smallest absolute Gasteiger partial charge is 0.410 e. The van der Waals surface area contributed by atoms with E-state index in [-0.39, 0.29) is 5.91 Å². The van der Waals surface area contributed by atoms with Crippen LogP contribution in [-0.2, 0) is 16.1 Å². The summed E-state index contributed by atoms with van der Waals surface area (Å²) in [5.74, 6) is 1.07. The van der Waals surface area contributed by atoms with Crippen LogP contribution in [0.3, 0.4) is 0 Å². The molecule has 8 heteroatoms. The molecular formula is C22H31BrN2O5. The Hall–Kier alpha value is -2.22. The summed E-state index contributed by atoms with van der Waals surface area (Å²) >= 11 is 3.42. The Balaban J connectivity index is 2.25. The van der Waals surface area contributed by atoms with Crippen LogP contribution in [0.5, 0.6) is 11.5 Å². The number of rotatable bonds is 6. The molecule has 0 N–H and O–H groups in total. The van der Waals surface area contributed by atoms with Gasteiger partial charge in [0.05, 0.1) is 20.8 Å². The summed E-state index contributed by atoms with van der Waals surface area (Å²) in [6, 6.07) is 4.99. The average molecular weight is 483 g/mol. The first-order chi connectivity index (χ1) is 14.1. The van der Waals surface area contributed by atoms with E-state index >= 15 is 0 Å². The van der Waals surface area contributed by atoms with Crippen molar-refractivity contribution < 1.29 is 23.8 Å². The maximum Gasteiger partial charge on any atom is 0.410 e. The van der Waals surface area contributed by atoms with Gasteiger partial charge in [0.25, 0.3) is 0 Å². The first-order valence-electron chi connectivity index (χ1n) is 9.90. The van der Waals surface area contributed by atoms with Crippen LogP contribution in [0.2, 0.25) is 0 Å². The van der Waals surface area contributed by atoms with Gasteiger partial charge in [-0.1, -0.05) is 22.0 Å². The number of hydrogen-bond donors (Lipinski definition) is 0. The van der Waals surface area contributed by atoms with Crippen molar-refractivity contribution in [2.45, 2.75) is 58.7 Å². The molecule has 0 aliphatic carbocycles. The van der Waals surface area contributed by atoms with Gasteiger partial charge in [0, 0.05) is 17.2 Å². The van der Waals surface area contributed by atoms with Crippen molar-refractivity contribution in [2.24, 2.45) is 0 Å². The van der Waals surface area contributed by atoms with Gasteiger partial charge in [-0.05, 0) is 58.2 Å². The quantitative estimate of drug-likeness (QED) is 0.588. The van der Waals surface area contributed by atoms with Crippen molar-refractivity contribution in [3.05, 3.63) is 34.4 Å². The summed E-state index contributed by atoms with van der Waals surface area (Å²) < 4.78 is 17.0. The molecule has 1 aliphatic rings. The average Bonchev–Trinajstić information content (AvgIpc) is 3.15. The molecule has 1 aliphatic heterocycles. The Labute approximate surface area is 187 Å². The van der Waals surface area contributed by atoms with Crippen LogP contribution in [-0.4, -0.2) is 54.2 Å². The highest BCUT2D eigenvalue weighted by molar-refractivity contribution is 9.11. The Morgan fingerprint density at radius 2 is 1.90 bits per heavy atom. The zero-order valence-corrected chi connectivity index (χ0v) is 20.1. The fourth-order valence-corrected chi connectivity index (χ4v) is 3.58. The molecule has 1 atom stereocenters. The van der Waals surface area contributed by atoms with Crippen LogP contribution in [0, 0.1) is 0 Å². The lowest BCUT2D eigenvalue weighted by atomic mass is 10.1. The molecule has 1 aromatic carbocycles. The molecule has 2 amide bonds. The van der Waals surface area contributed by atoms with Gasteiger partial charge in [-0.3, -0.25) is 9.69 Å². The molecule has 1 heterocycles. The maximum absolute atomic E-state index is 13.4. The number of nitrogens with zero attached hydrogens (tertiary/aromatic N) is 2. The molecule has 30 heavy (non-hydrogen) atoms. The first-order valence-corrected chi connectivity index (χ1v) is 10.7. The summed E-state index contributed by atoms with van der Waals surface area (Å²) in [6.07, 6.45) is 2.65. The van der Waals surface area contributed by atoms with Crippen molar-refractivity contribution in [2.75, 3.05) is 20.8 Å². The number of carbonyl (C=O) groups is 2. The standard InChI is InChI=1S/C22H31BrN2O5/c1-15(23)13-24(14-16-9-10-18(28-5)19(12-16)29-6)20(26)17-8-7-11-25(17)21(27)30-22(2,3)4/h9-10,12-13,17H,7-8,11,14H2,1-6H3/t17-/m0/s1. The summed E-state index contributed by atoms with van der Waals surface area (Å²) in [4.78, 5) is 29.2. The van der Waals surface area contributed by atoms with Crippen LogP contribution in [0.1, 0.15) is 46.1 Å². The van der Waals surface area contributed by atoms with Gasteiger partial charge in [-0.25, -0.2) is 4.79 Å². The lowest BCUT2D eigenvalue weighted by Crippen LogP contribution is -2.47. The second-order valence-electron chi connectivity index (χ2n) is 8.20. The lowest BCUT2D eigenvalue weighted by Gasteiger charge is -2.30. The highest BCUT2D eigenvalue weighted by atomic mass is 79.9. The largest absolute Gasteiger partial charge is 0.493 e. The van der Waals surface area contributed by atoms with Crippen molar-refractivity contribution in [3.8, 4) is 11.5 Å². The zero-order valence-electron chi connectivity index (χ0n) is 18.5. The predicted molar refractivity (Wildman–Crippen MR) is 119 cm³/mol. The number of benzene rings is 1. The van der Waals surface area contributed by atoms with E-state index in [1.54, 1.807) is 25.3 Å². The third kappa shape index (κ3) is 6.39. The van der Waals surface area contributed by atoms with Crippen molar-refractivity contribution in [1.82, 2.24) is 9.80 Å². The third-order valence-electron chi connectivity index (χ3n) is 4.58. The van der Waals surface area contributed by atoms with Gasteiger partial charge < -0.3 is 19.1 Å². The van der Waals surface area contributed by atoms with Crippen LogP contribution in [0.25, 0.3) is 0 Å². The molecule has 2 rings (SSSR count). The number of amides is 2. The number of carbonyl (C=O) groups excluding carboxylic acids is 2. The van der Waals surface area contributed by atoms with Crippen molar-refractivity contribution >= 4 is 27.9 Å². The predicted octanol–water partition coefficient (Wildman–Crippen LogP) is 4.69. The first kappa shape index (κ1) is 24.1. The molecule has 0 unspecified atom stereocenters. The molecule has 0 bridgehead atoms. The number of halogens is 1. The minimum Gasteiger partial charge on any atom is -0.493 e. The molecule has 1 fully saturated rings. The summed E-state index contributed by atoms with van der Waals surface area (Å²) in [5, 5.41) is 0. The molecule has 0 spiro atoms. The van der Waals surface area contributed by atoms with E-state index in [0.29, 0.717) is 31.0 Å². The fourth-order valence-electron chi connectivity index (χ4n) is 3.33. The third-order valence-corrected chi connectivity index (χ3v) is 4.79. The van der Waals surface area contributed by atoms with Gasteiger partial charge in [0.15, 0.2) is 11.5 Å². The molecule has 1 saturated heterocycles. The molecule has 7 nitrogen and oxygen atoms in total. The number of methoxy groups -OCH3 is 2. The zero-order chi connectivity index (χ0) is 22.5. The van der Waals surface area contributed by atoms with Gasteiger partial charge in [-0.15, -0.1) is 0 Å². The second-order valence-corrected chi connectivity index (χ2v) is 9.45. The van der Waals surface area contributed by atoms with Gasteiger partial charge in [0.1, 0.15) is 11.6 Å². The Kier molecular flexibility index (Phi) is 8.18. The Bertz CT molecular complexity index is 799. The normalized spacial score (nSPS) is 17.0. The van der Waals surface area contributed by atoms with Gasteiger partial charge in [-0.2, -0.15) is 0 Å².